The first-order valence-electron chi connectivity index (χ1n) is 4.27. The van der Waals surface area contributed by atoms with Crippen molar-refractivity contribution in [1.29, 1.82) is 0 Å². The SMILES string of the molecule is COc1ccc(Br)c2c1C(O)CC2. The molecule has 13 heavy (non-hydrogen) atoms. The Kier molecular flexibility index (Phi) is 2.30. The second kappa shape index (κ2) is 3.31. The first-order valence-corrected chi connectivity index (χ1v) is 5.06. The highest BCUT2D eigenvalue weighted by molar-refractivity contribution is 9.10. The smallest absolute Gasteiger partial charge is 0.125 e. The van der Waals surface area contributed by atoms with Crippen molar-refractivity contribution >= 4 is 15.9 Å². The van der Waals surface area contributed by atoms with Crippen LogP contribution in [0.5, 0.6) is 5.75 Å². The zero-order chi connectivity index (χ0) is 9.42. The van der Waals surface area contributed by atoms with E-state index in [0.717, 1.165) is 28.6 Å². The van der Waals surface area contributed by atoms with Crippen LogP contribution in [-0.2, 0) is 6.42 Å². The summed E-state index contributed by atoms with van der Waals surface area (Å²) in [5.41, 5.74) is 2.14. The average molecular weight is 243 g/mol. The molecule has 70 valence electrons. The third-order valence-electron chi connectivity index (χ3n) is 2.48. The van der Waals surface area contributed by atoms with E-state index in [9.17, 15) is 5.11 Å². The molecule has 0 saturated heterocycles. The maximum absolute atomic E-state index is 9.72. The normalized spacial score (nSPS) is 20.1. The van der Waals surface area contributed by atoms with Crippen LogP contribution in [0.25, 0.3) is 0 Å². The van der Waals surface area contributed by atoms with Crippen LogP contribution in [0, 0.1) is 0 Å². The summed E-state index contributed by atoms with van der Waals surface area (Å²) in [5, 5.41) is 9.72. The Balaban J connectivity index is 2.60. The van der Waals surface area contributed by atoms with Crippen molar-refractivity contribution < 1.29 is 9.84 Å². The van der Waals surface area contributed by atoms with E-state index in [1.807, 2.05) is 12.1 Å². The van der Waals surface area contributed by atoms with Crippen LogP contribution in [0.2, 0.25) is 0 Å². The van der Waals surface area contributed by atoms with Gasteiger partial charge in [-0.2, -0.15) is 0 Å². The summed E-state index contributed by atoms with van der Waals surface area (Å²) in [6.07, 6.45) is 1.37. The number of benzene rings is 1. The molecule has 0 aromatic heterocycles. The Morgan fingerprint density at radius 2 is 2.31 bits per heavy atom. The van der Waals surface area contributed by atoms with Gasteiger partial charge in [-0.25, -0.2) is 0 Å². The lowest BCUT2D eigenvalue weighted by Crippen LogP contribution is -1.96. The van der Waals surface area contributed by atoms with Crippen molar-refractivity contribution in [1.82, 2.24) is 0 Å². The van der Waals surface area contributed by atoms with Crippen molar-refractivity contribution in [3.05, 3.63) is 27.7 Å². The summed E-state index contributed by atoms with van der Waals surface area (Å²) >= 11 is 3.47. The quantitative estimate of drug-likeness (QED) is 0.820. The summed E-state index contributed by atoms with van der Waals surface area (Å²) in [4.78, 5) is 0. The first-order chi connectivity index (χ1) is 6.24. The van der Waals surface area contributed by atoms with Crippen molar-refractivity contribution in [2.75, 3.05) is 7.11 Å². The standard InChI is InChI=1S/C10H11BrO2/c1-13-9-5-3-7(11)6-2-4-8(12)10(6)9/h3,5,8,12H,2,4H2,1H3. The number of aliphatic hydroxyl groups excluding tert-OH is 1. The molecule has 0 bridgehead atoms. The van der Waals surface area contributed by atoms with Gasteiger partial charge in [0.1, 0.15) is 5.75 Å². The van der Waals surface area contributed by atoms with E-state index in [1.54, 1.807) is 7.11 Å². The monoisotopic (exact) mass is 242 g/mol. The van der Waals surface area contributed by atoms with Gasteiger partial charge in [-0.15, -0.1) is 0 Å². The molecule has 0 radical (unpaired) electrons. The van der Waals surface area contributed by atoms with Gasteiger partial charge in [-0.3, -0.25) is 0 Å². The van der Waals surface area contributed by atoms with E-state index >= 15 is 0 Å². The van der Waals surface area contributed by atoms with Crippen LogP contribution in [0.15, 0.2) is 16.6 Å². The van der Waals surface area contributed by atoms with Crippen LogP contribution in [0.3, 0.4) is 0 Å². The molecule has 1 aromatic rings. The van der Waals surface area contributed by atoms with Gasteiger partial charge in [-0.05, 0) is 30.5 Å². The highest BCUT2D eigenvalue weighted by Crippen LogP contribution is 2.41. The maximum atomic E-state index is 9.72. The van der Waals surface area contributed by atoms with E-state index in [1.165, 1.54) is 5.56 Å². The number of rotatable bonds is 1. The summed E-state index contributed by atoms with van der Waals surface area (Å²) in [6, 6.07) is 3.85. The molecule has 1 aliphatic rings. The molecule has 0 fully saturated rings. The molecule has 2 rings (SSSR count). The van der Waals surface area contributed by atoms with Gasteiger partial charge >= 0.3 is 0 Å². The average Bonchev–Trinajstić information content (AvgIpc) is 2.51. The Labute approximate surface area is 85.7 Å². The van der Waals surface area contributed by atoms with Crippen molar-refractivity contribution in [2.24, 2.45) is 0 Å². The number of fused-ring (bicyclic) bond motifs is 1. The van der Waals surface area contributed by atoms with Gasteiger partial charge in [0.05, 0.1) is 13.2 Å². The van der Waals surface area contributed by atoms with Crippen LogP contribution >= 0.6 is 15.9 Å². The summed E-state index contributed by atoms with van der Waals surface area (Å²) < 4.78 is 6.27. The molecule has 1 aromatic carbocycles. The largest absolute Gasteiger partial charge is 0.496 e. The van der Waals surface area contributed by atoms with E-state index in [2.05, 4.69) is 15.9 Å². The van der Waals surface area contributed by atoms with Crippen LogP contribution in [0.4, 0.5) is 0 Å². The zero-order valence-corrected chi connectivity index (χ0v) is 8.97. The van der Waals surface area contributed by atoms with Crippen LogP contribution < -0.4 is 4.74 Å². The molecule has 1 atom stereocenters. The minimum Gasteiger partial charge on any atom is -0.496 e. The van der Waals surface area contributed by atoms with E-state index < -0.39 is 0 Å². The lowest BCUT2D eigenvalue weighted by molar-refractivity contribution is 0.176. The predicted octanol–water partition coefficient (Wildman–Crippen LogP) is 2.44. The van der Waals surface area contributed by atoms with Gasteiger partial charge in [0.15, 0.2) is 0 Å². The molecule has 1 aliphatic carbocycles. The fourth-order valence-electron chi connectivity index (χ4n) is 1.84. The van der Waals surface area contributed by atoms with Gasteiger partial charge in [0.2, 0.25) is 0 Å². The van der Waals surface area contributed by atoms with Gasteiger partial charge in [0.25, 0.3) is 0 Å². The Hall–Kier alpha value is -0.540. The van der Waals surface area contributed by atoms with Crippen molar-refractivity contribution in [2.45, 2.75) is 18.9 Å². The Morgan fingerprint density at radius 1 is 1.54 bits per heavy atom. The molecule has 3 heteroatoms. The number of hydrogen-bond donors (Lipinski definition) is 1. The van der Waals surface area contributed by atoms with Gasteiger partial charge < -0.3 is 9.84 Å². The number of halogens is 1. The Bertz CT molecular complexity index is 336. The maximum Gasteiger partial charge on any atom is 0.125 e. The number of methoxy groups -OCH3 is 1. The van der Waals surface area contributed by atoms with Crippen LogP contribution in [0.1, 0.15) is 23.7 Å². The molecule has 1 unspecified atom stereocenters. The second-order valence-corrected chi connectivity index (χ2v) is 4.05. The van der Waals surface area contributed by atoms with Crippen molar-refractivity contribution in [3.8, 4) is 5.75 Å². The number of ether oxygens (including phenoxy) is 1. The fraction of sp³-hybridized carbons (Fsp3) is 0.400. The molecule has 0 spiro atoms. The molecule has 0 heterocycles. The lowest BCUT2D eigenvalue weighted by atomic mass is 10.1. The first kappa shape index (κ1) is 9.03. The van der Waals surface area contributed by atoms with Crippen LogP contribution in [-0.4, -0.2) is 12.2 Å². The van der Waals surface area contributed by atoms with Crippen molar-refractivity contribution in [3.63, 3.8) is 0 Å². The van der Waals surface area contributed by atoms with E-state index in [0.29, 0.717) is 0 Å². The molecular weight excluding hydrogens is 232 g/mol. The molecular formula is C10H11BrO2. The summed E-state index contributed by atoms with van der Waals surface area (Å²) in [7, 11) is 1.63. The number of hydrogen-bond acceptors (Lipinski definition) is 2. The second-order valence-electron chi connectivity index (χ2n) is 3.20. The minimum absolute atomic E-state index is 0.359. The lowest BCUT2D eigenvalue weighted by Gasteiger charge is -2.10. The Morgan fingerprint density at radius 3 is 3.00 bits per heavy atom. The highest BCUT2D eigenvalue weighted by atomic mass is 79.9. The molecule has 0 amide bonds. The number of aliphatic hydroxyl groups is 1. The molecule has 0 aliphatic heterocycles. The van der Waals surface area contributed by atoms with E-state index in [-0.39, 0.29) is 6.10 Å². The third-order valence-corrected chi connectivity index (χ3v) is 3.22. The van der Waals surface area contributed by atoms with Gasteiger partial charge in [-0.1, -0.05) is 15.9 Å². The zero-order valence-electron chi connectivity index (χ0n) is 7.38. The minimum atomic E-state index is -0.359. The molecule has 1 N–H and O–H groups in total. The fourth-order valence-corrected chi connectivity index (χ4v) is 2.38. The predicted molar refractivity (Wildman–Crippen MR) is 54.0 cm³/mol. The third kappa shape index (κ3) is 1.36. The van der Waals surface area contributed by atoms with E-state index in [4.69, 9.17) is 4.74 Å². The summed E-state index contributed by atoms with van der Waals surface area (Å²) in [5.74, 6) is 0.795. The molecule has 2 nitrogen and oxygen atoms in total. The van der Waals surface area contributed by atoms with Gasteiger partial charge in [0, 0.05) is 10.0 Å². The topological polar surface area (TPSA) is 29.5 Å². The molecule has 0 saturated carbocycles. The highest BCUT2D eigenvalue weighted by Gasteiger charge is 2.25. The summed E-state index contributed by atoms with van der Waals surface area (Å²) in [6.45, 7) is 0.